The lowest BCUT2D eigenvalue weighted by molar-refractivity contribution is 1.92. The molecule has 0 aromatic rings. The van der Waals surface area contributed by atoms with Crippen molar-refractivity contribution in [2.45, 2.75) is 13.8 Å². The molecule has 0 spiro atoms. The van der Waals surface area contributed by atoms with Crippen molar-refractivity contribution in [2.24, 2.45) is 0 Å². The highest BCUT2D eigenvalue weighted by molar-refractivity contribution is 5.55. The van der Waals surface area contributed by atoms with Crippen LogP contribution < -0.4 is 0 Å². The van der Waals surface area contributed by atoms with Gasteiger partial charge >= 0.3 is 0 Å². The summed E-state index contributed by atoms with van der Waals surface area (Å²) in [6.45, 7) is 3.37. The van der Waals surface area contributed by atoms with E-state index in [2.05, 4.69) is 557 Å². The Kier molecular flexibility index (Phi) is 58.3. The molecule has 96 heavy (non-hydrogen) atoms. The monoisotopic (exact) mass is 1160 g/mol. The van der Waals surface area contributed by atoms with Crippen LogP contribution in [0.15, 0.2) is 0 Å². The standard InChI is InChI=1S/C96H6/c1-3-5-7-9-11-13-15-17-19-21-23-25-27-29-31-33-35-37-39-41-43-45-47-49-51-53-55-57-59-61-63-65-67-69-71-73-75-77-79-81-83-85-87-89-91-93-95-96-94-92-90-88-86-84-82-80-78-76-74-72-70-68-66-64-62-60-58-56-54-52-50-48-46-44-42-40-38-36-34-32-30-28-26-24-22-20-18-16-14-12-10-8-6-4-2/h1-2H3. The van der Waals surface area contributed by atoms with E-state index in [0.29, 0.717) is 0 Å². The van der Waals surface area contributed by atoms with Gasteiger partial charge in [0.2, 0.25) is 0 Å². The zero-order valence-corrected chi connectivity index (χ0v) is 49.0. The quantitative estimate of drug-likeness (QED) is 0.321. The number of hydrogen-bond acceptors (Lipinski definition) is 0. The van der Waals surface area contributed by atoms with Gasteiger partial charge in [-0.1, -0.05) is 11.8 Å². The molecule has 0 aliphatic carbocycles. The molecular formula is C96H6. The summed E-state index contributed by atoms with van der Waals surface area (Å²) in [5.41, 5.74) is 0. The molecule has 0 heterocycles. The molecule has 0 saturated carbocycles. The van der Waals surface area contributed by atoms with E-state index >= 15 is 0 Å². The molecular weight excluding hydrogens is 1150 g/mol. The predicted molar refractivity (Wildman–Crippen MR) is 377 cm³/mol. The molecule has 0 saturated heterocycles. The average molecular weight is 1160 g/mol. The van der Waals surface area contributed by atoms with E-state index in [1.54, 1.807) is 13.8 Å². The number of hydrogen-bond donors (Lipinski definition) is 0. The summed E-state index contributed by atoms with van der Waals surface area (Å²) in [5.74, 6) is 236. The molecule has 0 bridgehead atoms. The lowest BCUT2D eigenvalue weighted by Gasteiger charge is -1.58. The highest BCUT2D eigenvalue weighted by atomic mass is 13.7. The second-order valence-corrected chi connectivity index (χ2v) is 12.0. The largest absolute Gasteiger partial charge is 0.0925 e. The van der Waals surface area contributed by atoms with Crippen LogP contribution in [0.4, 0.5) is 0 Å². The first-order valence-corrected chi connectivity index (χ1v) is 24.2. The van der Waals surface area contributed by atoms with Crippen molar-refractivity contribution in [1.82, 2.24) is 0 Å². The molecule has 0 aromatic heterocycles. The van der Waals surface area contributed by atoms with E-state index in [1.807, 2.05) is 0 Å². The second kappa shape index (κ2) is 74.3. The molecule has 0 nitrogen and oxygen atoms in total. The minimum atomic E-state index is 1.68. The third-order valence-electron chi connectivity index (χ3n) is 5.94. The SMILES string of the molecule is CC#CC#CC#CC#CC#CC#CC#CC#CC#CC#CC#CC#CC#CC#CC#CC#CC#CC#CC#CC#CC#CC#CC#CC#CC#CC#CC#CC#CC#CC#CC#CC#CC#CC#CC#CC#CC#CC#CC#CC#CC#CC#CC#CC#CC#CC#CC#CC. The molecule has 0 heteroatoms. The van der Waals surface area contributed by atoms with E-state index < -0.39 is 0 Å². The van der Waals surface area contributed by atoms with Crippen molar-refractivity contribution in [3.63, 3.8) is 0 Å². The van der Waals surface area contributed by atoms with Crippen LogP contribution in [0.5, 0.6) is 0 Å². The van der Waals surface area contributed by atoms with Gasteiger partial charge in [-0.05, 0) is 109 Å². The van der Waals surface area contributed by atoms with Crippen molar-refractivity contribution in [3.8, 4) is 557 Å². The highest BCUT2D eigenvalue weighted by Gasteiger charge is 1.67. The molecule has 0 amide bonds. The third kappa shape index (κ3) is 73.3. The second-order valence-electron chi connectivity index (χ2n) is 12.0. The van der Waals surface area contributed by atoms with Gasteiger partial charge in [-0.15, -0.1) is 0 Å². The van der Waals surface area contributed by atoms with Gasteiger partial charge in [0.1, 0.15) is 0 Å². The Morgan fingerprint density at radius 1 is 0.0521 bits per heavy atom. The van der Waals surface area contributed by atoms with Crippen LogP contribution in [-0.4, -0.2) is 0 Å². The first-order valence-electron chi connectivity index (χ1n) is 24.2. The van der Waals surface area contributed by atoms with E-state index in [0.717, 1.165) is 0 Å². The van der Waals surface area contributed by atoms with Crippen LogP contribution in [0.1, 0.15) is 13.8 Å². The lowest BCUT2D eigenvalue weighted by atomic mass is 10.4. The van der Waals surface area contributed by atoms with E-state index in [9.17, 15) is 0 Å². The first kappa shape index (κ1) is 75.3. The molecule has 0 fully saturated rings. The average Bonchev–Trinajstić information content (AvgIpc) is 3.61. The fourth-order valence-corrected chi connectivity index (χ4v) is 2.94. The Labute approximate surface area is 566 Å². The van der Waals surface area contributed by atoms with Gasteiger partial charge in [0.15, 0.2) is 0 Å². The van der Waals surface area contributed by atoms with Crippen molar-refractivity contribution in [2.75, 3.05) is 0 Å². The Hall–Kier alpha value is -20.7. The summed E-state index contributed by atoms with van der Waals surface area (Å²) in [5, 5.41) is 0. The van der Waals surface area contributed by atoms with Crippen molar-refractivity contribution in [1.29, 1.82) is 0 Å². The van der Waals surface area contributed by atoms with Crippen molar-refractivity contribution in [3.05, 3.63) is 0 Å². The van der Waals surface area contributed by atoms with Gasteiger partial charge in [-0.2, -0.15) is 0 Å². The Morgan fingerprint density at radius 3 is 0.115 bits per heavy atom. The molecule has 0 N–H and O–H groups in total. The molecule has 0 radical (unpaired) electrons. The van der Waals surface area contributed by atoms with Crippen LogP contribution >= 0.6 is 0 Å². The van der Waals surface area contributed by atoms with Gasteiger partial charge in [0, 0.05) is 450 Å². The van der Waals surface area contributed by atoms with Gasteiger partial charge in [-0.3, -0.25) is 0 Å². The minimum Gasteiger partial charge on any atom is -0.0925 e. The maximum absolute atomic E-state index is 2.63. The molecule has 0 aliphatic heterocycles. The fourth-order valence-electron chi connectivity index (χ4n) is 2.94. The third-order valence-corrected chi connectivity index (χ3v) is 5.94. The number of rotatable bonds is 0. The van der Waals surface area contributed by atoms with Crippen molar-refractivity contribution < 1.29 is 0 Å². The molecule has 0 unspecified atom stereocenters. The summed E-state index contributed by atoms with van der Waals surface area (Å²) in [7, 11) is 0. The van der Waals surface area contributed by atoms with Gasteiger partial charge in [-0.25, -0.2) is 0 Å². The van der Waals surface area contributed by atoms with Gasteiger partial charge in [0.25, 0.3) is 0 Å². The molecule has 0 aromatic carbocycles. The summed E-state index contributed by atoms with van der Waals surface area (Å²) >= 11 is 0. The van der Waals surface area contributed by atoms with Crippen LogP contribution in [0.25, 0.3) is 0 Å². The summed E-state index contributed by atoms with van der Waals surface area (Å²) in [6, 6.07) is 0. The lowest BCUT2D eigenvalue weighted by Crippen LogP contribution is -1.57. The van der Waals surface area contributed by atoms with E-state index in [-0.39, 0.29) is 0 Å². The first-order chi connectivity index (χ1) is 47.9. The predicted octanol–water partition coefficient (Wildman–Crippen LogP) is 1.19. The van der Waals surface area contributed by atoms with Crippen LogP contribution in [0.3, 0.4) is 0 Å². The zero-order chi connectivity index (χ0) is 68.5. The normalized spacial score (nSPS) is 3.98. The highest BCUT2D eigenvalue weighted by Crippen LogP contribution is 1.67. The Balaban J connectivity index is 4.63. The van der Waals surface area contributed by atoms with E-state index in [4.69, 9.17) is 0 Å². The maximum atomic E-state index is 2.63. The summed E-state index contributed by atoms with van der Waals surface area (Å²) in [6.07, 6.45) is 0. The Bertz CT molecular complexity index is 6290. The topological polar surface area (TPSA) is 0 Å². The van der Waals surface area contributed by atoms with Gasteiger partial charge in [0.05, 0.1) is 0 Å². The van der Waals surface area contributed by atoms with Crippen LogP contribution in [-0.2, 0) is 0 Å². The minimum absolute atomic E-state index is 1.68. The van der Waals surface area contributed by atoms with Gasteiger partial charge < -0.3 is 0 Å². The van der Waals surface area contributed by atoms with Crippen LogP contribution in [0.2, 0.25) is 0 Å². The van der Waals surface area contributed by atoms with E-state index in [1.165, 1.54) is 0 Å². The fraction of sp³-hybridized carbons (Fsp3) is 0.0208. The summed E-state index contributed by atoms with van der Waals surface area (Å²) in [4.78, 5) is 0. The molecule has 390 valence electrons. The molecule has 0 aliphatic rings. The van der Waals surface area contributed by atoms with Crippen LogP contribution in [0, 0.1) is 557 Å². The maximum Gasteiger partial charge on any atom is 0 e. The zero-order valence-electron chi connectivity index (χ0n) is 49.0. The Morgan fingerprint density at radius 2 is 0.0833 bits per heavy atom. The van der Waals surface area contributed by atoms with Crippen molar-refractivity contribution >= 4 is 0 Å². The summed E-state index contributed by atoms with van der Waals surface area (Å²) < 4.78 is 0. The smallest absolute Gasteiger partial charge is 0 e. The molecule has 0 rings (SSSR count). The molecule has 0 atom stereocenters.